The fourth-order valence-corrected chi connectivity index (χ4v) is 4.47. The van der Waals surface area contributed by atoms with Gasteiger partial charge in [0.15, 0.2) is 11.5 Å². The van der Waals surface area contributed by atoms with Crippen LogP contribution in [0.25, 0.3) is 11.1 Å². The number of carbonyl (C=O) groups is 2. The topological polar surface area (TPSA) is 139 Å². The van der Waals surface area contributed by atoms with Crippen LogP contribution >= 0.6 is 0 Å². The van der Waals surface area contributed by atoms with Gasteiger partial charge in [-0.3, -0.25) is 4.79 Å². The standard InChI is InChI=1S/C27H30N6O6/c1-16-11-33(17(2)13-34)26(35)21-6-18(19-8-28-14-29-9-19)10-30-25(21)39-24(16)12-32(3)27(36)31-20-4-5-22-23(7-20)38-15-37-22/h4-10,14,16-17,24,34H,11-13,15H2,1-3H3,(H,31,36)/t16-,17+,24+/m1/s1. The van der Waals surface area contributed by atoms with Gasteiger partial charge in [0.2, 0.25) is 12.7 Å². The molecule has 5 rings (SSSR count). The summed E-state index contributed by atoms with van der Waals surface area (Å²) >= 11 is 0. The van der Waals surface area contributed by atoms with Crippen LogP contribution in [0.5, 0.6) is 17.4 Å². The number of rotatable bonds is 6. The number of fused-ring (bicyclic) bond motifs is 2. The van der Waals surface area contributed by atoms with Gasteiger partial charge in [-0.15, -0.1) is 0 Å². The summed E-state index contributed by atoms with van der Waals surface area (Å²) in [7, 11) is 1.67. The van der Waals surface area contributed by atoms with E-state index in [2.05, 4.69) is 20.3 Å². The summed E-state index contributed by atoms with van der Waals surface area (Å²) in [6, 6.07) is 6.12. The zero-order chi connectivity index (χ0) is 27.5. The van der Waals surface area contributed by atoms with E-state index in [1.807, 2.05) is 6.92 Å². The average molecular weight is 535 g/mol. The van der Waals surface area contributed by atoms with Crippen molar-refractivity contribution in [2.24, 2.45) is 5.92 Å². The zero-order valence-electron chi connectivity index (χ0n) is 21.9. The summed E-state index contributed by atoms with van der Waals surface area (Å²) < 4.78 is 17.0. The summed E-state index contributed by atoms with van der Waals surface area (Å²) in [5.74, 6) is 0.887. The van der Waals surface area contributed by atoms with E-state index in [-0.39, 0.29) is 49.2 Å². The largest absolute Gasteiger partial charge is 0.472 e. The first kappa shape index (κ1) is 26.2. The van der Waals surface area contributed by atoms with Crippen LogP contribution in [0.1, 0.15) is 24.2 Å². The number of nitrogens with one attached hydrogen (secondary N) is 1. The highest BCUT2D eigenvalue weighted by Gasteiger charge is 2.35. The van der Waals surface area contributed by atoms with Gasteiger partial charge in [0, 0.05) is 61.0 Å². The van der Waals surface area contributed by atoms with Crippen molar-refractivity contribution >= 4 is 17.6 Å². The molecule has 3 atom stereocenters. The Morgan fingerprint density at radius 1 is 1.18 bits per heavy atom. The molecular weight excluding hydrogens is 504 g/mol. The van der Waals surface area contributed by atoms with E-state index in [0.717, 1.165) is 0 Å². The highest BCUT2D eigenvalue weighted by atomic mass is 16.7. The van der Waals surface area contributed by atoms with E-state index in [4.69, 9.17) is 14.2 Å². The van der Waals surface area contributed by atoms with Gasteiger partial charge >= 0.3 is 6.03 Å². The Morgan fingerprint density at radius 2 is 1.95 bits per heavy atom. The molecule has 39 heavy (non-hydrogen) atoms. The summed E-state index contributed by atoms with van der Waals surface area (Å²) in [6.07, 6.45) is 5.81. The van der Waals surface area contributed by atoms with Crippen LogP contribution in [-0.2, 0) is 0 Å². The predicted molar refractivity (Wildman–Crippen MR) is 141 cm³/mol. The number of nitrogens with zero attached hydrogens (tertiary/aromatic N) is 5. The molecule has 0 radical (unpaired) electrons. The van der Waals surface area contributed by atoms with Crippen LogP contribution in [0.2, 0.25) is 0 Å². The second-order valence-corrected chi connectivity index (χ2v) is 9.71. The van der Waals surface area contributed by atoms with Crippen molar-refractivity contribution in [2.45, 2.75) is 26.0 Å². The maximum atomic E-state index is 13.6. The Morgan fingerprint density at radius 3 is 2.72 bits per heavy atom. The van der Waals surface area contributed by atoms with Gasteiger partial charge in [-0.25, -0.2) is 19.7 Å². The Bertz CT molecular complexity index is 1360. The smallest absolute Gasteiger partial charge is 0.321 e. The third-order valence-corrected chi connectivity index (χ3v) is 6.84. The maximum absolute atomic E-state index is 13.6. The van der Waals surface area contributed by atoms with Crippen molar-refractivity contribution in [2.75, 3.05) is 38.9 Å². The molecule has 0 fully saturated rings. The van der Waals surface area contributed by atoms with Crippen molar-refractivity contribution in [3.63, 3.8) is 0 Å². The highest BCUT2D eigenvalue weighted by molar-refractivity contribution is 5.98. The van der Waals surface area contributed by atoms with Gasteiger partial charge in [-0.05, 0) is 25.1 Å². The second kappa shape index (κ2) is 11.1. The molecule has 2 aliphatic heterocycles. The number of aromatic nitrogens is 3. The number of amides is 3. The molecule has 0 saturated heterocycles. The van der Waals surface area contributed by atoms with Crippen LogP contribution < -0.4 is 19.5 Å². The number of hydrogen-bond acceptors (Lipinski definition) is 9. The molecule has 3 aromatic rings. The number of aliphatic hydroxyl groups is 1. The molecule has 204 valence electrons. The highest BCUT2D eigenvalue weighted by Crippen LogP contribution is 2.34. The fraction of sp³-hybridized carbons (Fsp3) is 0.370. The predicted octanol–water partition coefficient (Wildman–Crippen LogP) is 2.65. The third-order valence-electron chi connectivity index (χ3n) is 6.84. The van der Waals surface area contributed by atoms with E-state index in [1.54, 1.807) is 61.7 Å². The summed E-state index contributed by atoms with van der Waals surface area (Å²) in [6.45, 7) is 4.22. The second-order valence-electron chi connectivity index (χ2n) is 9.71. The molecule has 0 bridgehead atoms. The molecule has 2 N–H and O–H groups in total. The van der Waals surface area contributed by atoms with E-state index in [9.17, 15) is 14.7 Å². The Balaban J connectivity index is 1.38. The molecule has 4 heterocycles. The van der Waals surface area contributed by atoms with Gasteiger partial charge in [0.25, 0.3) is 5.91 Å². The number of anilines is 1. The number of carbonyl (C=O) groups excluding carboxylic acids is 2. The van der Waals surface area contributed by atoms with Crippen molar-refractivity contribution in [1.82, 2.24) is 24.8 Å². The Labute approximate surface area is 225 Å². The van der Waals surface area contributed by atoms with Gasteiger partial charge in [-0.2, -0.15) is 0 Å². The van der Waals surface area contributed by atoms with Crippen LogP contribution in [0.4, 0.5) is 10.5 Å². The number of benzene rings is 1. The number of aliphatic hydroxyl groups excluding tert-OH is 1. The zero-order valence-corrected chi connectivity index (χ0v) is 21.9. The summed E-state index contributed by atoms with van der Waals surface area (Å²) in [4.78, 5) is 42.3. The van der Waals surface area contributed by atoms with Gasteiger partial charge in [0.05, 0.1) is 19.2 Å². The number of likely N-dealkylation sites (N-methyl/N-ethyl adjacent to an activating group) is 1. The van der Waals surface area contributed by atoms with Crippen LogP contribution in [0.3, 0.4) is 0 Å². The first-order chi connectivity index (χ1) is 18.8. The lowest BCUT2D eigenvalue weighted by atomic mass is 9.99. The lowest BCUT2D eigenvalue weighted by Crippen LogP contribution is -2.50. The molecule has 1 aromatic carbocycles. The molecule has 0 spiro atoms. The minimum Gasteiger partial charge on any atom is -0.472 e. The number of urea groups is 1. The van der Waals surface area contributed by atoms with Crippen LogP contribution in [0, 0.1) is 5.92 Å². The fourth-order valence-electron chi connectivity index (χ4n) is 4.47. The Hall–Kier alpha value is -4.45. The number of hydrogen-bond donors (Lipinski definition) is 2. The van der Waals surface area contributed by atoms with Crippen molar-refractivity contribution < 1.29 is 28.9 Å². The molecule has 3 amide bonds. The van der Waals surface area contributed by atoms with Crippen molar-refractivity contribution in [3.8, 4) is 28.5 Å². The molecule has 12 heteroatoms. The monoisotopic (exact) mass is 534 g/mol. The summed E-state index contributed by atoms with van der Waals surface area (Å²) in [5.41, 5.74) is 2.20. The molecule has 2 aliphatic rings. The lowest BCUT2D eigenvalue weighted by molar-refractivity contribution is 0.0356. The molecule has 12 nitrogen and oxygen atoms in total. The van der Waals surface area contributed by atoms with Gasteiger partial charge in [-0.1, -0.05) is 6.92 Å². The minimum atomic E-state index is -0.490. The summed E-state index contributed by atoms with van der Waals surface area (Å²) in [5, 5.41) is 12.7. The van der Waals surface area contributed by atoms with Crippen LogP contribution in [0.15, 0.2) is 49.2 Å². The SMILES string of the molecule is C[C@@H]1CN([C@@H](C)CO)C(=O)c2cc(-c3cncnc3)cnc2O[C@H]1CN(C)C(=O)Nc1ccc2c(c1)OCO2. The van der Waals surface area contributed by atoms with Crippen molar-refractivity contribution in [3.05, 3.63) is 54.7 Å². The van der Waals surface area contributed by atoms with Gasteiger partial charge in [0.1, 0.15) is 18.0 Å². The lowest BCUT2D eigenvalue weighted by Gasteiger charge is -2.37. The quantitative estimate of drug-likeness (QED) is 0.489. The molecule has 0 unspecified atom stereocenters. The minimum absolute atomic E-state index is 0.147. The number of ether oxygens (including phenoxy) is 3. The van der Waals surface area contributed by atoms with Crippen LogP contribution in [-0.4, -0.2) is 87.5 Å². The van der Waals surface area contributed by atoms with E-state index in [0.29, 0.717) is 34.9 Å². The molecule has 2 aromatic heterocycles. The third kappa shape index (κ3) is 5.55. The normalized spacial score (nSPS) is 18.9. The molecule has 0 saturated carbocycles. The molecular formula is C27H30N6O6. The molecule has 0 aliphatic carbocycles. The first-order valence-corrected chi connectivity index (χ1v) is 12.6. The average Bonchev–Trinajstić information content (AvgIpc) is 3.42. The van der Waals surface area contributed by atoms with E-state index in [1.165, 1.54) is 11.2 Å². The van der Waals surface area contributed by atoms with E-state index < -0.39 is 12.1 Å². The number of pyridine rings is 1. The van der Waals surface area contributed by atoms with Gasteiger partial charge < -0.3 is 34.4 Å². The van der Waals surface area contributed by atoms with E-state index >= 15 is 0 Å². The first-order valence-electron chi connectivity index (χ1n) is 12.6. The maximum Gasteiger partial charge on any atom is 0.321 e. The van der Waals surface area contributed by atoms with Crippen molar-refractivity contribution in [1.29, 1.82) is 0 Å². The Kier molecular flexibility index (Phi) is 7.46.